The molecule has 230 valence electrons. The minimum absolute atomic E-state index is 0.0763. The molecule has 0 bridgehead atoms. The molecule has 0 radical (unpaired) electrons. The van der Waals surface area contributed by atoms with Gasteiger partial charge in [-0.3, -0.25) is 9.59 Å². The SMILES string of the molecule is CC.CCCCC(=O)NCCOCCOCCOCCOCCC(N)=O.CCCCN1C(=O)NC2CSCC21. The van der Waals surface area contributed by atoms with Gasteiger partial charge < -0.3 is 40.2 Å². The number of urea groups is 1. The molecule has 0 saturated carbocycles. The fourth-order valence-electron chi connectivity index (χ4n) is 3.60. The zero-order chi connectivity index (χ0) is 29.1. The number of carbonyl (C=O) groups excluding carboxylic acids is 3. The van der Waals surface area contributed by atoms with Crippen molar-refractivity contribution >= 4 is 29.6 Å². The zero-order valence-electron chi connectivity index (χ0n) is 24.7. The predicted molar refractivity (Wildman–Crippen MR) is 156 cm³/mol. The van der Waals surface area contributed by atoms with E-state index < -0.39 is 0 Å². The Labute approximate surface area is 239 Å². The predicted octanol–water partition coefficient (Wildman–Crippen LogP) is 2.56. The number of hydrogen-bond donors (Lipinski definition) is 3. The van der Waals surface area contributed by atoms with E-state index in [9.17, 15) is 14.4 Å². The molecule has 0 aliphatic carbocycles. The number of carbonyl (C=O) groups is 3. The van der Waals surface area contributed by atoms with Crippen LogP contribution in [0.2, 0.25) is 0 Å². The van der Waals surface area contributed by atoms with E-state index in [2.05, 4.69) is 24.5 Å². The highest BCUT2D eigenvalue weighted by atomic mass is 32.2. The van der Waals surface area contributed by atoms with Gasteiger partial charge in [0.05, 0.1) is 64.9 Å². The van der Waals surface area contributed by atoms with Gasteiger partial charge in [0, 0.05) is 37.4 Å². The summed E-state index contributed by atoms with van der Waals surface area (Å²) < 4.78 is 21.1. The van der Waals surface area contributed by atoms with Crippen LogP contribution in [0.1, 0.15) is 66.2 Å². The number of primary amides is 1. The second-order valence-corrected chi connectivity index (χ2v) is 9.90. The lowest BCUT2D eigenvalue weighted by Crippen LogP contribution is -2.36. The highest BCUT2D eigenvalue weighted by molar-refractivity contribution is 7.99. The smallest absolute Gasteiger partial charge is 0.318 e. The second kappa shape index (κ2) is 26.6. The first-order valence-electron chi connectivity index (χ1n) is 14.5. The van der Waals surface area contributed by atoms with Crippen molar-refractivity contribution in [3.05, 3.63) is 0 Å². The largest absolute Gasteiger partial charge is 0.379 e. The summed E-state index contributed by atoms with van der Waals surface area (Å²) in [5, 5.41) is 5.84. The fourth-order valence-corrected chi connectivity index (χ4v) is 4.95. The van der Waals surface area contributed by atoms with Gasteiger partial charge in [0.1, 0.15) is 0 Å². The highest BCUT2D eigenvalue weighted by Gasteiger charge is 2.41. The summed E-state index contributed by atoms with van der Waals surface area (Å²) in [6.07, 6.45) is 5.03. The van der Waals surface area contributed by atoms with Gasteiger partial charge in [0.15, 0.2) is 0 Å². The summed E-state index contributed by atoms with van der Waals surface area (Å²) >= 11 is 1.95. The summed E-state index contributed by atoms with van der Waals surface area (Å²) in [5.41, 5.74) is 4.97. The number of nitrogens with one attached hydrogen (secondary N) is 2. The topological polar surface area (TPSA) is 141 Å². The Morgan fingerprint density at radius 3 is 2.03 bits per heavy atom. The first-order valence-corrected chi connectivity index (χ1v) is 15.7. The van der Waals surface area contributed by atoms with Crippen molar-refractivity contribution in [3.63, 3.8) is 0 Å². The molecule has 2 aliphatic rings. The quantitative estimate of drug-likeness (QED) is 0.139. The number of fused-ring (bicyclic) bond motifs is 1. The summed E-state index contributed by atoms with van der Waals surface area (Å²) in [5.74, 6) is 1.92. The van der Waals surface area contributed by atoms with Crippen molar-refractivity contribution in [2.75, 3.05) is 77.5 Å². The first-order chi connectivity index (χ1) is 19.0. The Balaban J connectivity index is 0.000000798. The van der Waals surface area contributed by atoms with E-state index in [1.807, 2.05) is 30.5 Å². The van der Waals surface area contributed by atoms with Crippen molar-refractivity contribution in [1.82, 2.24) is 15.5 Å². The van der Waals surface area contributed by atoms with Crippen LogP contribution in [0.3, 0.4) is 0 Å². The third-order valence-corrected chi connectivity index (χ3v) is 6.88. The van der Waals surface area contributed by atoms with Gasteiger partial charge in [-0.1, -0.05) is 40.5 Å². The third-order valence-electron chi connectivity index (χ3n) is 5.71. The second-order valence-electron chi connectivity index (χ2n) is 8.83. The number of nitrogens with zero attached hydrogens (tertiary/aromatic N) is 1. The molecule has 12 heteroatoms. The van der Waals surface area contributed by atoms with E-state index in [1.54, 1.807) is 0 Å². The van der Waals surface area contributed by atoms with Crippen molar-refractivity contribution < 1.29 is 33.3 Å². The van der Waals surface area contributed by atoms with E-state index in [-0.39, 0.29) is 24.3 Å². The van der Waals surface area contributed by atoms with Crippen molar-refractivity contribution in [1.29, 1.82) is 0 Å². The number of ether oxygens (including phenoxy) is 4. The molecule has 2 unspecified atom stereocenters. The van der Waals surface area contributed by atoms with E-state index in [1.165, 1.54) is 0 Å². The van der Waals surface area contributed by atoms with Crippen molar-refractivity contribution in [2.24, 2.45) is 5.73 Å². The maximum Gasteiger partial charge on any atom is 0.318 e. The van der Waals surface area contributed by atoms with Crippen LogP contribution < -0.4 is 16.4 Å². The molecule has 0 spiro atoms. The van der Waals surface area contributed by atoms with Crippen LogP contribution in [-0.2, 0) is 28.5 Å². The maximum atomic E-state index is 11.5. The molecule has 2 heterocycles. The van der Waals surface area contributed by atoms with E-state index in [0.29, 0.717) is 77.9 Å². The Morgan fingerprint density at radius 2 is 1.46 bits per heavy atom. The van der Waals surface area contributed by atoms with Crippen LogP contribution in [0.25, 0.3) is 0 Å². The monoisotopic (exact) mass is 578 g/mol. The number of thioether (sulfide) groups is 1. The summed E-state index contributed by atoms with van der Waals surface area (Å²) in [6.45, 7) is 13.3. The minimum Gasteiger partial charge on any atom is -0.379 e. The normalized spacial score (nSPS) is 17.4. The van der Waals surface area contributed by atoms with Crippen LogP contribution in [0.15, 0.2) is 0 Å². The average molecular weight is 579 g/mol. The lowest BCUT2D eigenvalue weighted by atomic mass is 10.2. The molecule has 2 fully saturated rings. The molecule has 4 N–H and O–H groups in total. The third kappa shape index (κ3) is 20.0. The number of unbranched alkanes of at least 4 members (excludes halogenated alkanes) is 2. The van der Waals surface area contributed by atoms with E-state index in [4.69, 9.17) is 24.7 Å². The molecule has 39 heavy (non-hydrogen) atoms. The van der Waals surface area contributed by atoms with Gasteiger partial charge in [0.2, 0.25) is 11.8 Å². The van der Waals surface area contributed by atoms with Gasteiger partial charge in [-0.15, -0.1) is 0 Å². The Kier molecular flexibility index (Phi) is 25.5. The first kappa shape index (κ1) is 37.4. The van der Waals surface area contributed by atoms with Gasteiger partial charge in [0.25, 0.3) is 0 Å². The Bertz CT molecular complexity index is 631. The minimum atomic E-state index is -0.370. The number of nitrogens with two attached hydrogens (primary N) is 1. The summed E-state index contributed by atoms with van der Waals surface area (Å²) in [4.78, 5) is 35.3. The standard InChI is InChI=1S/C16H32N2O6.C9H16N2OS.C2H6/c1-2-3-4-16(20)18-6-8-22-10-12-24-14-13-23-11-9-21-7-5-15(17)19;1-2-3-4-11-8-6-13-5-7(8)10-9(11)12;1-2/h2-14H2,1H3,(H2,17,19)(H,18,20);7-8H,2-6H2,1H3,(H,10,12);1-2H3. The summed E-state index contributed by atoms with van der Waals surface area (Å²) in [6, 6.07) is 1.06. The molecule has 0 aromatic rings. The van der Waals surface area contributed by atoms with E-state index >= 15 is 0 Å². The molecule has 0 aromatic heterocycles. The molecule has 2 aliphatic heterocycles. The average Bonchev–Trinajstić information content (AvgIpc) is 3.50. The number of rotatable bonds is 21. The molecule has 2 rings (SSSR count). The summed E-state index contributed by atoms with van der Waals surface area (Å²) in [7, 11) is 0. The molecule has 2 atom stereocenters. The van der Waals surface area contributed by atoms with Crippen LogP contribution in [0.4, 0.5) is 4.79 Å². The zero-order valence-corrected chi connectivity index (χ0v) is 25.5. The molecular weight excluding hydrogens is 524 g/mol. The Morgan fingerprint density at radius 1 is 0.897 bits per heavy atom. The van der Waals surface area contributed by atoms with Gasteiger partial charge in [-0.05, 0) is 12.8 Å². The van der Waals surface area contributed by atoms with Crippen LogP contribution in [0, 0.1) is 0 Å². The molecule has 2 saturated heterocycles. The lowest BCUT2D eigenvalue weighted by molar-refractivity contribution is -0.121. The van der Waals surface area contributed by atoms with E-state index in [0.717, 1.165) is 43.7 Å². The van der Waals surface area contributed by atoms with Crippen molar-refractivity contribution in [2.45, 2.75) is 78.3 Å². The van der Waals surface area contributed by atoms with Gasteiger partial charge in [-0.25, -0.2) is 4.79 Å². The maximum absolute atomic E-state index is 11.5. The number of amides is 4. The number of hydrogen-bond acceptors (Lipinski definition) is 8. The molecular formula is C27H54N4O7S. The van der Waals surface area contributed by atoms with Gasteiger partial charge in [-0.2, -0.15) is 11.8 Å². The van der Waals surface area contributed by atoms with Crippen LogP contribution >= 0.6 is 11.8 Å². The van der Waals surface area contributed by atoms with Crippen LogP contribution in [0.5, 0.6) is 0 Å². The van der Waals surface area contributed by atoms with Crippen molar-refractivity contribution in [3.8, 4) is 0 Å². The molecule has 0 aromatic carbocycles. The Hall–Kier alpha value is -1.60. The lowest BCUT2D eigenvalue weighted by Gasteiger charge is -2.20. The molecule has 4 amide bonds. The highest BCUT2D eigenvalue weighted by Crippen LogP contribution is 2.27. The van der Waals surface area contributed by atoms with Crippen LogP contribution in [-0.4, -0.2) is 112 Å². The van der Waals surface area contributed by atoms with Gasteiger partial charge >= 0.3 is 6.03 Å². The molecule has 11 nitrogen and oxygen atoms in total. The fraction of sp³-hybridized carbons (Fsp3) is 0.889.